The summed E-state index contributed by atoms with van der Waals surface area (Å²) in [7, 11) is 1.46. The minimum Gasteiger partial charge on any atom is -0.494 e. The van der Waals surface area contributed by atoms with Gasteiger partial charge in [-0.15, -0.1) is 0 Å². The molecule has 0 aromatic heterocycles. The van der Waals surface area contributed by atoms with Crippen molar-refractivity contribution >= 4 is 0 Å². The summed E-state index contributed by atoms with van der Waals surface area (Å²) in [6, 6.07) is 4.90. The molecule has 0 radical (unpaired) electrons. The average molecular weight is 240 g/mol. The molecule has 0 amide bonds. The second-order valence-corrected chi connectivity index (χ2v) is 4.61. The van der Waals surface area contributed by atoms with Crippen LogP contribution in [-0.2, 0) is 0 Å². The smallest absolute Gasteiger partial charge is 0.169 e. The summed E-state index contributed by atoms with van der Waals surface area (Å²) in [6.45, 7) is 6.23. The number of hydrogen-bond acceptors (Lipinski definition) is 3. The Labute approximate surface area is 102 Å². The van der Waals surface area contributed by atoms with Crippen LogP contribution in [0.4, 0.5) is 4.39 Å². The Morgan fingerprint density at radius 1 is 1.29 bits per heavy atom. The second-order valence-electron chi connectivity index (χ2n) is 4.61. The topological polar surface area (TPSA) is 47.3 Å². The van der Waals surface area contributed by atoms with Gasteiger partial charge in [0.1, 0.15) is 0 Å². The quantitative estimate of drug-likeness (QED) is 0.614. The fourth-order valence-corrected chi connectivity index (χ4v) is 1.84. The van der Waals surface area contributed by atoms with E-state index in [1.807, 2.05) is 6.92 Å². The third-order valence-corrected chi connectivity index (χ3v) is 3.31. The van der Waals surface area contributed by atoms with E-state index in [0.717, 1.165) is 0 Å². The van der Waals surface area contributed by atoms with E-state index in [9.17, 15) is 4.39 Å². The van der Waals surface area contributed by atoms with Crippen molar-refractivity contribution in [2.45, 2.75) is 26.8 Å². The third kappa shape index (κ3) is 2.96. The molecule has 0 aliphatic carbocycles. The summed E-state index contributed by atoms with van der Waals surface area (Å²) < 4.78 is 19.1. The van der Waals surface area contributed by atoms with Gasteiger partial charge >= 0.3 is 0 Å². The van der Waals surface area contributed by atoms with Crippen molar-refractivity contribution in [1.29, 1.82) is 0 Å². The van der Waals surface area contributed by atoms with Crippen LogP contribution >= 0.6 is 0 Å². The molecule has 0 aliphatic rings. The Hall–Kier alpha value is -1.13. The van der Waals surface area contributed by atoms with Crippen LogP contribution in [0.5, 0.6) is 5.75 Å². The molecule has 1 aromatic carbocycles. The third-order valence-electron chi connectivity index (χ3n) is 3.31. The van der Waals surface area contributed by atoms with Gasteiger partial charge in [-0.25, -0.2) is 4.39 Å². The van der Waals surface area contributed by atoms with Gasteiger partial charge in [0.05, 0.1) is 13.2 Å². The largest absolute Gasteiger partial charge is 0.494 e. The lowest BCUT2D eigenvalue weighted by Gasteiger charge is -2.27. The van der Waals surface area contributed by atoms with Crippen molar-refractivity contribution in [3.05, 3.63) is 29.6 Å². The molecule has 2 unspecified atom stereocenters. The number of hydrogen-bond donors (Lipinski definition) is 2. The molecule has 3 nitrogen and oxygen atoms in total. The average Bonchev–Trinajstić information content (AvgIpc) is 2.31. The summed E-state index contributed by atoms with van der Waals surface area (Å²) in [6.07, 6.45) is 0. The van der Waals surface area contributed by atoms with Crippen molar-refractivity contribution in [2.75, 3.05) is 7.11 Å². The van der Waals surface area contributed by atoms with Crippen molar-refractivity contribution < 1.29 is 9.13 Å². The van der Waals surface area contributed by atoms with Crippen molar-refractivity contribution in [1.82, 2.24) is 5.43 Å². The molecule has 4 heteroatoms. The first kappa shape index (κ1) is 13.9. The van der Waals surface area contributed by atoms with Gasteiger partial charge < -0.3 is 4.74 Å². The van der Waals surface area contributed by atoms with Gasteiger partial charge in [-0.3, -0.25) is 11.3 Å². The van der Waals surface area contributed by atoms with E-state index in [4.69, 9.17) is 10.6 Å². The van der Waals surface area contributed by atoms with Crippen LogP contribution in [0.15, 0.2) is 18.2 Å². The van der Waals surface area contributed by atoms with E-state index >= 15 is 0 Å². The number of nitrogens with two attached hydrogens (primary N) is 1. The Morgan fingerprint density at radius 2 is 1.94 bits per heavy atom. The number of hydrazine groups is 1. The summed E-state index contributed by atoms with van der Waals surface area (Å²) >= 11 is 0. The minimum absolute atomic E-state index is 0.218. The zero-order chi connectivity index (χ0) is 13.0. The Balaban J connectivity index is 3.12. The zero-order valence-electron chi connectivity index (χ0n) is 10.8. The van der Waals surface area contributed by atoms with Crippen molar-refractivity contribution in [2.24, 2.45) is 17.7 Å². The molecule has 0 saturated carbocycles. The van der Waals surface area contributed by atoms with Gasteiger partial charge in [0.15, 0.2) is 11.6 Å². The second kappa shape index (κ2) is 5.98. The highest BCUT2D eigenvalue weighted by atomic mass is 19.1. The maximum atomic E-state index is 14.1. The summed E-state index contributed by atoms with van der Waals surface area (Å²) in [5, 5.41) is 0. The molecule has 1 rings (SSSR count). The Morgan fingerprint density at radius 3 is 2.41 bits per heavy atom. The molecule has 0 bridgehead atoms. The number of methoxy groups -OCH3 is 1. The standard InChI is InChI=1S/C13H21FN2O/c1-8(2)9(3)13(16-15)10-6-5-7-11(17-4)12(10)14/h5-9,13,16H,15H2,1-4H3. The molecule has 1 aromatic rings. The van der Waals surface area contributed by atoms with Gasteiger partial charge in [0, 0.05) is 5.56 Å². The number of ether oxygens (including phenoxy) is 1. The van der Waals surface area contributed by atoms with Crippen LogP contribution in [0.3, 0.4) is 0 Å². The first-order chi connectivity index (χ1) is 8.02. The lowest BCUT2D eigenvalue weighted by atomic mass is 9.86. The number of benzene rings is 1. The van der Waals surface area contributed by atoms with E-state index in [0.29, 0.717) is 11.5 Å². The molecule has 0 spiro atoms. The fourth-order valence-electron chi connectivity index (χ4n) is 1.84. The highest BCUT2D eigenvalue weighted by molar-refractivity contribution is 5.33. The van der Waals surface area contributed by atoms with Crippen LogP contribution in [0.25, 0.3) is 0 Å². The molecule has 96 valence electrons. The van der Waals surface area contributed by atoms with Gasteiger partial charge in [-0.2, -0.15) is 0 Å². The van der Waals surface area contributed by atoms with Crippen LogP contribution in [-0.4, -0.2) is 7.11 Å². The predicted octanol–water partition coefficient (Wildman–Crippen LogP) is 2.63. The molecular formula is C13H21FN2O. The highest BCUT2D eigenvalue weighted by Gasteiger charge is 2.24. The molecule has 3 N–H and O–H groups in total. The normalized spacial score (nSPS) is 14.8. The molecule has 0 heterocycles. The van der Waals surface area contributed by atoms with Gasteiger partial charge in [-0.1, -0.05) is 32.9 Å². The number of nitrogens with one attached hydrogen (secondary N) is 1. The maximum absolute atomic E-state index is 14.1. The monoisotopic (exact) mass is 240 g/mol. The minimum atomic E-state index is -0.342. The van der Waals surface area contributed by atoms with Gasteiger partial charge in [0.2, 0.25) is 0 Å². The molecule has 2 atom stereocenters. The number of halogens is 1. The SMILES string of the molecule is COc1cccc(C(NN)C(C)C(C)C)c1F. The summed E-state index contributed by atoms with van der Waals surface area (Å²) in [5.41, 5.74) is 3.25. The summed E-state index contributed by atoms with van der Waals surface area (Å²) in [4.78, 5) is 0. The highest BCUT2D eigenvalue weighted by Crippen LogP contribution is 2.31. The van der Waals surface area contributed by atoms with Crippen molar-refractivity contribution in [3.8, 4) is 5.75 Å². The molecule has 0 fully saturated rings. The van der Waals surface area contributed by atoms with Crippen molar-refractivity contribution in [3.63, 3.8) is 0 Å². The molecule has 0 saturated heterocycles. The number of rotatable bonds is 5. The van der Waals surface area contributed by atoms with E-state index in [-0.39, 0.29) is 23.5 Å². The van der Waals surface area contributed by atoms with E-state index in [1.54, 1.807) is 18.2 Å². The van der Waals surface area contributed by atoms with Crippen LogP contribution in [0, 0.1) is 17.7 Å². The maximum Gasteiger partial charge on any atom is 0.169 e. The lowest BCUT2D eigenvalue weighted by Crippen LogP contribution is -2.35. The van der Waals surface area contributed by atoms with Gasteiger partial charge in [0.25, 0.3) is 0 Å². The first-order valence-corrected chi connectivity index (χ1v) is 5.81. The van der Waals surface area contributed by atoms with Crippen LogP contribution < -0.4 is 16.0 Å². The lowest BCUT2D eigenvalue weighted by molar-refractivity contribution is 0.295. The summed E-state index contributed by atoms with van der Waals surface area (Å²) in [5.74, 6) is 6.08. The predicted molar refractivity (Wildman–Crippen MR) is 67.0 cm³/mol. The van der Waals surface area contributed by atoms with E-state index in [1.165, 1.54) is 7.11 Å². The molecule has 0 aliphatic heterocycles. The van der Waals surface area contributed by atoms with Crippen LogP contribution in [0.2, 0.25) is 0 Å². The Bertz CT molecular complexity index is 368. The molecular weight excluding hydrogens is 219 g/mol. The first-order valence-electron chi connectivity index (χ1n) is 5.81. The fraction of sp³-hybridized carbons (Fsp3) is 0.538. The van der Waals surface area contributed by atoms with Crippen LogP contribution in [0.1, 0.15) is 32.4 Å². The van der Waals surface area contributed by atoms with E-state index in [2.05, 4.69) is 19.3 Å². The van der Waals surface area contributed by atoms with Gasteiger partial charge in [-0.05, 0) is 17.9 Å². The zero-order valence-corrected chi connectivity index (χ0v) is 10.8. The van der Waals surface area contributed by atoms with E-state index < -0.39 is 0 Å². The molecule has 17 heavy (non-hydrogen) atoms. The Kier molecular flexibility index (Phi) is 4.90.